The van der Waals surface area contributed by atoms with Gasteiger partial charge in [0.25, 0.3) is 0 Å². The van der Waals surface area contributed by atoms with Crippen molar-refractivity contribution in [3.8, 4) is 0 Å². The van der Waals surface area contributed by atoms with E-state index in [0.29, 0.717) is 5.13 Å². The minimum atomic E-state index is 0.558. The third-order valence-electron chi connectivity index (χ3n) is 2.05. The van der Waals surface area contributed by atoms with E-state index in [2.05, 4.69) is 34.5 Å². The van der Waals surface area contributed by atoms with Crippen molar-refractivity contribution in [2.45, 2.75) is 12.2 Å². The molecule has 0 saturated carbocycles. The number of benzene rings is 1. The van der Waals surface area contributed by atoms with E-state index in [-0.39, 0.29) is 0 Å². The molecular formula is C11H13N3S2. The Kier molecular flexibility index (Phi) is 4.18. The Morgan fingerprint density at radius 2 is 2.00 bits per heavy atom. The average molecular weight is 251 g/mol. The van der Waals surface area contributed by atoms with Gasteiger partial charge in [0, 0.05) is 17.9 Å². The lowest BCUT2D eigenvalue weighted by Crippen LogP contribution is -1.89. The summed E-state index contributed by atoms with van der Waals surface area (Å²) in [6.45, 7) is 0. The highest BCUT2D eigenvalue weighted by Crippen LogP contribution is 2.16. The summed E-state index contributed by atoms with van der Waals surface area (Å²) >= 11 is 3.38. The van der Waals surface area contributed by atoms with E-state index < -0.39 is 0 Å². The minimum absolute atomic E-state index is 0.558. The van der Waals surface area contributed by atoms with E-state index in [9.17, 15) is 0 Å². The van der Waals surface area contributed by atoms with Crippen LogP contribution in [0.25, 0.3) is 0 Å². The smallest absolute Gasteiger partial charge is 0.203 e. The highest BCUT2D eigenvalue weighted by molar-refractivity contribution is 7.98. The Morgan fingerprint density at radius 3 is 2.69 bits per heavy atom. The molecule has 1 aromatic carbocycles. The van der Waals surface area contributed by atoms with Crippen LogP contribution in [0.3, 0.4) is 0 Å². The van der Waals surface area contributed by atoms with Crippen LogP contribution in [0.2, 0.25) is 0 Å². The van der Waals surface area contributed by atoms with Crippen molar-refractivity contribution in [3.63, 3.8) is 0 Å². The topological polar surface area (TPSA) is 51.8 Å². The first-order valence-electron chi connectivity index (χ1n) is 5.04. The molecule has 2 N–H and O–H groups in total. The van der Waals surface area contributed by atoms with Gasteiger partial charge in [0.2, 0.25) is 5.13 Å². The second-order valence-corrected chi connectivity index (χ2v) is 5.52. The molecule has 2 rings (SSSR count). The fourth-order valence-electron chi connectivity index (χ4n) is 1.29. The minimum Gasteiger partial charge on any atom is -0.374 e. The van der Waals surface area contributed by atoms with Crippen LogP contribution < -0.4 is 5.73 Å². The normalized spacial score (nSPS) is 10.5. The van der Waals surface area contributed by atoms with Gasteiger partial charge in [-0.25, -0.2) is 0 Å². The van der Waals surface area contributed by atoms with Gasteiger partial charge in [-0.3, -0.25) is 0 Å². The summed E-state index contributed by atoms with van der Waals surface area (Å²) in [5.41, 5.74) is 6.88. The zero-order chi connectivity index (χ0) is 11.2. The summed E-state index contributed by atoms with van der Waals surface area (Å²) in [4.78, 5) is 0. The van der Waals surface area contributed by atoms with Gasteiger partial charge in [0.05, 0.1) is 0 Å². The number of hydrogen-bond donors (Lipinski definition) is 1. The van der Waals surface area contributed by atoms with Gasteiger partial charge in [0.1, 0.15) is 5.01 Å². The Hall–Kier alpha value is -1.07. The second kappa shape index (κ2) is 5.86. The lowest BCUT2D eigenvalue weighted by Gasteiger charge is -1.99. The monoisotopic (exact) mass is 251 g/mol. The van der Waals surface area contributed by atoms with Gasteiger partial charge in [0.15, 0.2) is 0 Å². The SMILES string of the molecule is Nc1nnc(CCSCc2ccccc2)s1. The standard InChI is InChI=1S/C11H13N3S2/c12-11-14-13-10(16-11)6-7-15-8-9-4-2-1-3-5-9/h1-5H,6-8H2,(H2,12,14). The summed E-state index contributed by atoms with van der Waals surface area (Å²) in [6, 6.07) is 10.5. The Morgan fingerprint density at radius 1 is 1.19 bits per heavy atom. The van der Waals surface area contributed by atoms with Crippen molar-refractivity contribution in [2.24, 2.45) is 0 Å². The molecule has 3 nitrogen and oxygen atoms in total. The highest BCUT2D eigenvalue weighted by Gasteiger charge is 2.00. The first-order chi connectivity index (χ1) is 7.84. The number of nitrogen functional groups attached to an aromatic ring is 1. The van der Waals surface area contributed by atoms with E-state index in [1.807, 2.05) is 17.8 Å². The zero-order valence-corrected chi connectivity index (χ0v) is 10.4. The first-order valence-corrected chi connectivity index (χ1v) is 7.01. The Balaban J connectivity index is 1.69. The molecule has 0 aliphatic carbocycles. The predicted molar refractivity (Wildman–Crippen MR) is 70.6 cm³/mol. The number of aryl methyl sites for hydroxylation is 1. The molecule has 5 heteroatoms. The molecule has 2 aromatic rings. The van der Waals surface area contributed by atoms with E-state index in [4.69, 9.17) is 5.73 Å². The summed E-state index contributed by atoms with van der Waals surface area (Å²) in [5.74, 6) is 2.11. The number of thioether (sulfide) groups is 1. The zero-order valence-electron chi connectivity index (χ0n) is 8.80. The second-order valence-electron chi connectivity index (χ2n) is 3.32. The lowest BCUT2D eigenvalue weighted by molar-refractivity contribution is 0.993. The molecule has 0 amide bonds. The molecule has 0 bridgehead atoms. The fourth-order valence-corrected chi connectivity index (χ4v) is 2.94. The maximum atomic E-state index is 5.51. The fraction of sp³-hybridized carbons (Fsp3) is 0.273. The molecule has 0 spiro atoms. The van der Waals surface area contributed by atoms with Gasteiger partial charge < -0.3 is 5.73 Å². The molecule has 0 aliphatic heterocycles. The summed E-state index contributed by atoms with van der Waals surface area (Å²) in [7, 11) is 0. The number of aromatic nitrogens is 2. The van der Waals surface area contributed by atoms with Crippen LogP contribution in [0.1, 0.15) is 10.6 Å². The number of rotatable bonds is 5. The predicted octanol–water partition coefficient (Wildman–Crippen LogP) is 2.60. The number of anilines is 1. The number of nitrogens with two attached hydrogens (primary N) is 1. The van der Waals surface area contributed by atoms with Crippen molar-refractivity contribution in [1.29, 1.82) is 0 Å². The third-order valence-corrected chi connectivity index (χ3v) is 3.90. The molecule has 16 heavy (non-hydrogen) atoms. The summed E-state index contributed by atoms with van der Waals surface area (Å²) in [5, 5.41) is 9.37. The van der Waals surface area contributed by atoms with Crippen LogP contribution in [0.4, 0.5) is 5.13 Å². The first kappa shape index (κ1) is 11.4. The molecule has 0 aliphatic rings. The van der Waals surface area contributed by atoms with Gasteiger partial charge in [-0.1, -0.05) is 41.7 Å². The Labute approximate surface area is 103 Å². The molecule has 1 heterocycles. The van der Waals surface area contributed by atoms with Crippen LogP contribution in [-0.4, -0.2) is 16.0 Å². The van der Waals surface area contributed by atoms with Gasteiger partial charge in [-0.05, 0) is 5.56 Å². The van der Waals surface area contributed by atoms with Gasteiger partial charge in [-0.15, -0.1) is 10.2 Å². The molecule has 0 fully saturated rings. The van der Waals surface area contributed by atoms with Crippen molar-refractivity contribution >= 4 is 28.2 Å². The maximum absolute atomic E-state index is 5.51. The molecule has 0 saturated heterocycles. The molecule has 84 valence electrons. The van der Waals surface area contributed by atoms with Crippen molar-refractivity contribution < 1.29 is 0 Å². The summed E-state index contributed by atoms with van der Waals surface area (Å²) < 4.78 is 0. The highest BCUT2D eigenvalue weighted by atomic mass is 32.2. The average Bonchev–Trinajstić information content (AvgIpc) is 2.72. The molecular weight excluding hydrogens is 238 g/mol. The van der Waals surface area contributed by atoms with Crippen molar-refractivity contribution in [1.82, 2.24) is 10.2 Å². The largest absolute Gasteiger partial charge is 0.374 e. The van der Waals surface area contributed by atoms with Crippen LogP contribution >= 0.6 is 23.1 Å². The van der Waals surface area contributed by atoms with Crippen LogP contribution in [-0.2, 0) is 12.2 Å². The third kappa shape index (κ3) is 3.50. The Bertz CT molecular complexity index is 428. The number of hydrogen-bond acceptors (Lipinski definition) is 5. The van der Waals surface area contributed by atoms with E-state index in [1.54, 1.807) is 0 Å². The van der Waals surface area contributed by atoms with E-state index in [0.717, 1.165) is 22.9 Å². The quantitative estimate of drug-likeness (QED) is 0.830. The molecule has 0 radical (unpaired) electrons. The van der Waals surface area contributed by atoms with E-state index >= 15 is 0 Å². The molecule has 0 unspecified atom stereocenters. The number of nitrogens with zero attached hydrogens (tertiary/aromatic N) is 2. The van der Waals surface area contributed by atoms with Crippen LogP contribution in [0.15, 0.2) is 30.3 Å². The lowest BCUT2D eigenvalue weighted by atomic mass is 10.2. The molecule has 0 atom stereocenters. The van der Waals surface area contributed by atoms with Gasteiger partial charge in [-0.2, -0.15) is 11.8 Å². The van der Waals surface area contributed by atoms with Gasteiger partial charge >= 0.3 is 0 Å². The summed E-state index contributed by atoms with van der Waals surface area (Å²) in [6.07, 6.45) is 0.951. The van der Waals surface area contributed by atoms with Crippen LogP contribution in [0, 0.1) is 0 Å². The van der Waals surface area contributed by atoms with Crippen molar-refractivity contribution in [2.75, 3.05) is 11.5 Å². The maximum Gasteiger partial charge on any atom is 0.203 e. The van der Waals surface area contributed by atoms with Crippen molar-refractivity contribution in [3.05, 3.63) is 40.9 Å². The van der Waals surface area contributed by atoms with Crippen LogP contribution in [0.5, 0.6) is 0 Å². The van der Waals surface area contributed by atoms with E-state index in [1.165, 1.54) is 16.9 Å². The molecule has 1 aromatic heterocycles.